The van der Waals surface area contributed by atoms with Crippen molar-refractivity contribution in [1.82, 2.24) is 0 Å². The van der Waals surface area contributed by atoms with Crippen LogP contribution in [0.25, 0.3) is 33.1 Å². The van der Waals surface area contributed by atoms with E-state index in [0.717, 1.165) is 23.3 Å². The molecule has 0 spiro atoms. The lowest BCUT2D eigenvalue weighted by molar-refractivity contribution is 0.556. The first kappa shape index (κ1) is 23.5. The molecule has 0 aliphatic carbocycles. The summed E-state index contributed by atoms with van der Waals surface area (Å²) in [6.45, 7) is 4.42. The first-order chi connectivity index (χ1) is 16.3. The van der Waals surface area contributed by atoms with Gasteiger partial charge < -0.3 is 0 Å². The average molecular weight is 440 g/mol. The number of unbranched alkanes of at least 4 members (excludes halogenated alkanes) is 9. The summed E-state index contributed by atoms with van der Waals surface area (Å²) in [7, 11) is 0. The molecule has 0 unspecified atom stereocenters. The molecule has 1 heteroatoms. The lowest BCUT2D eigenvalue weighted by Gasteiger charge is -2.07. The van der Waals surface area contributed by atoms with E-state index in [1.807, 2.05) is 0 Å². The highest BCUT2D eigenvalue weighted by Crippen LogP contribution is 2.34. The third-order valence-corrected chi connectivity index (χ3v) is 6.87. The molecule has 0 N–H and O–H groups in total. The Kier molecular flexibility index (Phi) is 8.53. The quantitative estimate of drug-likeness (QED) is 0.121. The molecule has 33 heavy (non-hydrogen) atoms. The van der Waals surface area contributed by atoms with E-state index in [1.165, 1.54) is 91.5 Å². The molecule has 0 saturated carbocycles. The predicted octanol–water partition coefficient (Wildman–Crippen LogP) is 10.3. The van der Waals surface area contributed by atoms with E-state index in [4.69, 9.17) is 4.42 Å². The highest BCUT2D eigenvalue weighted by atomic mass is 16.3. The van der Waals surface area contributed by atoms with Crippen LogP contribution in [0, 0.1) is 6.92 Å². The molecule has 0 aliphatic heterocycles. The minimum absolute atomic E-state index is 0.972. The molecule has 1 nitrogen and oxygen atoms in total. The van der Waals surface area contributed by atoms with Crippen molar-refractivity contribution in [2.45, 2.75) is 84.5 Å². The molecule has 0 saturated heterocycles. The number of fused-ring (bicyclic) bond motifs is 3. The van der Waals surface area contributed by atoms with Gasteiger partial charge in [-0.25, -0.2) is 4.42 Å². The minimum Gasteiger partial charge on any atom is -0.207 e. The van der Waals surface area contributed by atoms with Gasteiger partial charge in [0, 0.05) is 12.1 Å². The van der Waals surface area contributed by atoms with Gasteiger partial charge in [0.15, 0.2) is 0 Å². The summed E-state index contributed by atoms with van der Waals surface area (Å²) in [6, 6.07) is 24.0. The van der Waals surface area contributed by atoms with E-state index in [-0.39, 0.29) is 0 Å². The second-order valence-corrected chi connectivity index (χ2v) is 9.59. The van der Waals surface area contributed by atoms with Crippen LogP contribution < -0.4 is 0 Å². The average Bonchev–Trinajstić information content (AvgIpc) is 2.85. The van der Waals surface area contributed by atoms with Crippen LogP contribution in [0.5, 0.6) is 0 Å². The first-order valence-corrected chi connectivity index (χ1v) is 13.1. The molecule has 4 aromatic rings. The van der Waals surface area contributed by atoms with Crippen LogP contribution in [0.4, 0.5) is 0 Å². The van der Waals surface area contributed by atoms with E-state index >= 15 is 0 Å². The Morgan fingerprint density at radius 2 is 1.33 bits per heavy atom. The van der Waals surface area contributed by atoms with Crippen LogP contribution in [0.1, 0.15) is 82.3 Å². The van der Waals surface area contributed by atoms with Crippen LogP contribution in [-0.4, -0.2) is 0 Å². The summed E-state index contributed by atoms with van der Waals surface area (Å²) < 4.78 is 6.44. The molecule has 1 aromatic heterocycles. The lowest BCUT2D eigenvalue weighted by Crippen LogP contribution is -1.92. The molecule has 3 aromatic carbocycles. The molecule has 0 radical (unpaired) electrons. The Bertz CT molecular complexity index is 1160. The molecule has 0 bridgehead atoms. The van der Waals surface area contributed by atoms with Gasteiger partial charge in [0.2, 0.25) is 0 Å². The lowest BCUT2D eigenvalue weighted by atomic mass is 9.96. The first-order valence-electron chi connectivity index (χ1n) is 13.1. The van der Waals surface area contributed by atoms with Crippen molar-refractivity contribution >= 4 is 21.7 Å². The van der Waals surface area contributed by atoms with Gasteiger partial charge in [-0.05, 0) is 54.3 Å². The summed E-state index contributed by atoms with van der Waals surface area (Å²) in [6.07, 6.45) is 14.8. The summed E-state index contributed by atoms with van der Waals surface area (Å²) in [4.78, 5) is 0. The van der Waals surface area contributed by atoms with E-state index in [1.54, 1.807) is 0 Å². The fourth-order valence-corrected chi connectivity index (χ4v) is 4.91. The smallest absolute Gasteiger partial charge is 0.207 e. The molecule has 0 fully saturated rings. The maximum atomic E-state index is 6.44. The SMILES string of the molecule is CCCCCCCCCCCCc1cc(-c2ccc(C)cc2)[o+]c2ccc3ccccc3c12. The molecule has 0 aliphatic rings. The zero-order valence-corrected chi connectivity index (χ0v) is 20.5. The van der Waals surface area contributed by atoms with Gasteiger partial charge in [-0.3, -0.25) is 0 Å². The van der Waals surface area contributed by atoms with Crippen LogP contribution in [-0.2, 0) is 6.42 Å². The van der Waals surface area contributed by atoms with Crippen molar-refractivity contribution < 1.29 is 4.42 Å². The second kappa shape index (κ2) is 12.0. The van der Waals surface area contributed by atoms with Gasteiger partial charge >= 0.3 is 11.3 Å². The fraction of sp³-hybridized carbons (Fsp3) is 0.406. The van der Waals surface area contributed by atoms with Gasteiger partial charge in [0.05, 0.1) is 10.9 Å². The third-order valence-electron chi connectivity index (χ3n) is 6.87. The van der Waals surface area contributed by atoms with Gasteiger partial charge in [-0.15, -0.1) is 0 Å². The molecule has 0 amide bonds. The van der Waals surface area contributed by atoms with Crippen molar-refractivity contribution in [3.63, 3.8) is 0 Å². The second-order valence-electron chi connectivity index (χ2n) is 9.59. The van der Waals surface area contributed by atoms with Crippen molar-refractivity contribution in [3.8, 4) is 11.3 Å². The standard InChI is InChI=1S/C32H39O/c1-3-4-5-6-7-8-9-10-11-12-16-28-24-31(27-20-18-25(2)19-21-27)33-30-23-22-26-15-13-14-17-29(26)32(28)30/h13-15,17-24H,3-12,16H2,1-2H3/q+1. The van der Waals surface area contributed by atoms with E-state index in [0.29, 0.717) is 0 Å². The highest BCUT2D eigenvalue weighted by molar-refractivity contribution is 6.07. The summed E-state index contributed by atoms with van der Waals surface area (Å²) >= 11 is 0. The van der Waals surface area contributed by atoms with Crippen molar-refractivity contribution in [1.29, 1.82) is 0 Å². The van der Waals surface area contributed by atoms with Crippen LogP contribution in [0.15, 0.2) is 71.1 Å². The number of rotatable bonds is 12. The molecule has 0 atom stereocenters. The Morgan fingerprint density at radius 3 is 2.06 bits per heavy atom. The Balaban J connectivity index is 1.49. The summed E-state index contributed by atoms with van der Waals surface area (Å²) in [5, 5.41) is 3.88. The normalized spacial score (nSPS) is 11.5. The molecule has 172 valence electrons. The van der Waals surface area contributed by atoms with E-state index < -0.39 is 0 Å². The number of aryl methyl sites for hydroxylation is 2. The number of hydrogen-bond acceptors (Lipinski definition) is 0. The van der Waals surface area contributed by atoms with E-state index in [9.17, 15) is 0 Å². The largest absolute Gasteiger partial charge is 0.361 e. The van der Waals surface area contributed by atoms with Crippen molar-refractivity contribution in [2.75, 3.05) is 0 Å². The van der Waals surface area contributed by atoms with E-state index in [2.05, 4.69) is 80.6 Å². The molecular weight excluding hydrogens is 400 g/mol. The van der Waals surface area contributed by atoms with Gasteiger partial charge in [0.25, 0.3) is 0 Å². The Morgan fingerprint density at radius 1 is 0.667 bits per heavy atom. The van der Waals surface area contributed by atoms with Crippen LogP contribution in [0.2, 0.25) is 0 Å². The number of benzene rings is 3. The molecule has 4 rings (SSSR count). The summed E-state index contributed by atoms with van der Waals surface area (Å²) in [5.41, 5.74) is 4.84. The van der Waals surface area contributed by atoms with Gasteiger partial charge in [0.1, 0.15) is 0 Å². The van der Waals surface area contributed by atoms with Gasteiger partial charge in [-0.1, -0.05) is 107 Å². The minimum atomic E-state index is 0.972. The van der Waals surface area contributed by atoms with Crippen molar-refractivity contribution in [2.24, 2.45) is 0 Å². The predicted molar refractivity (Wildman–Crippen MR) is 144 cm³/mol. The maximum Gasteiger partial charge on any atom is 0.361 e. The van der Waals surface area contributed by atoms with Gasteiger partial charge in [-0.2, -0.15) is 0 Å². The monoisotopic (exact) mass is 439 g/mol. The Labute approximate surface area is 199 Å². The zero-order valence-electron chi connectivity index (χ0n) is 20.5. The van der Waals surface area contributed by atoms with Crippen molar-refractivity contribution in [3.05, 3.63) is 77.9 Å². The number of hydrogen-bond donors (Lipinski definition) is 0. The fourth-order valence-electron chi connectivity index (χ4n) is 4.91. The third kappa shape index (κ3) is 6.22. The van der Waals surface area contributed by atoms with Crippen LogP contribution in [0.3, 0.4) is 0 Å². The molecule has 1 heterocycles. The molecular formula is C32H39O+. The van der Waals surface area contributed by atoms with Crippen LogP contribution >= 0.6 is 0 Å². The summed E-state index contributed by atoms with van der Waals surface area (Å²) in [5.74, 6) is 0.972. The zero-order chi connectivity index (χ0) is 22.9. The Hall–Kier alpha value is -2.67. The highest BCUT2D eigenvalue weighted by Gasteiger charge is 2.20. The topological polar surface area (TPSA) is 11.3 Å². The maximum absolute atomic E-state index is 6.44.